The van der Waals surface area contributed by atoms with E-state index in [9.17, 15) is 9.59 Å². The molecule has 1 fully saturated rings. The molecule has 25 heavy (non-hydrogen) atoms. The number of nitrogens with zero attached hydrogens (tertiary/aromatic N) is 2. The van der Waals surface area contributed by atoms with Crippen LogP contribution in [0.25, 0.3) is 0 Å². The van der Waals surface area contributed by atoms with Gasteiger partial charge in [-0.1, -0.05) is 18.2 Å². The molecule has 0 bridgehead atoms. The van der Waals surface area contributed by atoms with E-state index < -0.39 is 0 Å². The number of hydrogen-bond donors (Lipinski definition) is 2. The van der Waals surface area contributed by atoms with Crippen molar-refractivity contribution in [2.24, 2.45) is 0 Å². The number of benzene rings is 1. The van der Waals surface area contributed by atoms with Crippen LogP contribution in [0.4, 0.5) is 5.69 Å². The van der Waals surface area contributed by atoms with Gasteiger partial charge in [-0.15, -0.1) is 0 Å². The summed E-state index contributed by atoms with van der Waals surface area (Å²) in [5, 5.41) is 5.91. The summed E-state index contributed by atoms with van der Waals surface area (Å²) in [6, 6.07) is 7.92. The van der Waals surface area contributed by atoms with Crippen LogP contribution in [-0.2, 0) is 13.0 Å². The van der Waals surface area contributed by atoms with Gasteiger partial charge in [0.15, 0.2) is 11.5 Å². The SMILES string of the molecule is Cc1ccccc1NC(=O)c1nc(C(=O)NC2CC2)n2c1CCCC2. The Morgan fingerprint density at radius 1 is 1.16 bits per heavy atom. The van der Waals surface area contributed by atoms with Crippen molar-refractivity contribution in [2.45, 2.75) is 51.6 Å². The lowest BCUT2D eigenvalue weighted by atomic mass is 10.1. The molecule has 4 rings (SSSR count). The highest BCUT2D eigenvalue weighted by molar-refractivity contribution is 6.05. The molecule has 6 heteroatoms. The number of amides is 2. The number of aryl methyl sites for hydroxylation is 1. The number of imidazole rings is 1. The van der Waals surface area contributed by atoms with Gasteiger partial charge < -0.3 is 15.2 Å². The second kappa shape index (κ2) is 6.35. The number of rotatable bonds is 4. The van der Waals surface area contributed by atoms with E-state index in [2.05, 4.69) is 15.6 Å². The Morgan fingerprint density at radius 3 is 2.72 bits per heavy atom. The quantitative estimate of drug-likeness (QED) is 0.900. The van der Waals surface area contributed by atoms with E-state index in [4.69, 9.17) is 0 Å². The number of carbonyl (C=O) groups excluding carboxylic acids is 2. The molecule has 130 valence electrons. The van der Waals surface area contributed by atoms with Crippen LogP contribution in [-0.4, -0.2) is 27.4 Å². The minimum Gasteiger partial charge on any atom is -0.347 e. The molecule has 2 heterocycles. The minimum absolute atomic E-state index is 0.166. The number of hydrogen-bond acceptors (Lipinski definition) is 3. The fourth-order valence-corrected chi connectivity index (χ4v) is 3.27. The van der Waals surface area contributed by atoms with E-state index in [0.717, 1.165) is 55.6 Å². The molecule has 0 atom stereocenters. The average Bonchev–Trinajstić information content (AvgIpc) is 3.33. The van der Waals surface area contributed by atoms with Gasteiger partial charge in [-0.3, -0.25) is 9.59 Å². The van der Waals surface area contributed by atoms with Gasteiger partial charge >= 0.3 is 0 Å². The summed E-state index contributed by atoms with van der Waals surface area (Å²) in [7, 11) is 0. The number of para-hydroxylation sites is 1. The lowest BCUT2D eigenvalue weighted by Gasteiger charge is -2.17. The van der Waals surface area contributed by atoms with Crippen LogP contribution >= 0.6 is 0 Å². The first-order valence-corrected chi connectivity index (χ1v) is 8.90. The van der Waals surface area contributed by atoms with E-state index in [1.807, 2.05) is 35.8 Å². The Hall–Kier alpha value is -2.63. The first-order valence-electron chi connectivity index (χ1n) is 8.90. The number of nitrogens with one attached hydrogen (secondary N) is 2. The van der Waals surface area contributed by atoms with Crippen LogP contribution in [0.3, 0.4) is 0 Å². The lowest BCUT2D eigenvalue weighted by Crippen LogP contribution is -2.29. The summed E-state index contributed by atoms with van der Waals surface area (Å²) in [5.41, 5.74) is 3.02. The lowest BCUT2D eigenvalue weighted by molar-refractivity contribution is 0.0935. The van der Waals surface area contributed by atoms with Crippen LogP contribution in [0.2, 0.25) is 0 Å². The number of aromatic nitrogens is 2. The second-order valence-corrected chi connectivity index (χ2v) is 6.86. The topological polar surface area (TPSA) is 76.0 Å². The van der Waals surface area contributed by atoms with Crippen molar-refractivity contribution in [1.82, 2.24) is 14.9 Å². The highest BCUT2D eigenvalue weighted by Gasteiger charge is 2.30. The van der Waals surface area contributed by atoms with Crippen LogP contribution in [0.15, 0.2) is 24.3 Å². The highest BCUT2D eigenvalue weighted by Crippen LogP contribution is 2.24. The monoisotopic (exact) mass is 338 g/mol. The zero-order chi connectivity index (χ0) is 17.4. The molecule has 2 N–H and O–H groups in total. The highest BCUT2D eigenvalue weighted by atomic mass is 16.2. The molecule has 1 saturated carbocycles. The van der Waals surface area contributed by atoms with Crippen molar-refractivity contribution in [3.05, 3.63) is 47.0 Å². The number of anilines is 1. The molecule has 0 radical (unpaired) electrons. The second-order valence-electron chi connectivity index (χ2n) is 6.86. The van der Waals surface area contributed by atoms with E-state index in [1.165, 1.54) is 0 Å². The van der Waals surface area contributed by atoms with Crippen molar-refractivity contribution in [2.75, 3.05) is 5.32 Å². The van der Waals surface area contributed by atoms with Gasteiger partial charge in [0.25, 0.3) is 11.8 Å². The molecular formula is C19H22N4O2. The Balaban J connectivity index is 1.64. The van der Waals surface area contributed by atoms with Gasteiger partial charge in [-0.25, -0.2) is 4.98 Å². The van der Waals surface area contributed by atoms with Crippen LogP contribution in [0.1, 0.15) is 58.0 Å². The summed E-state index contributed by atoms with van der Waals surface area (Å²) in [4.78, 5) is 29.7. The van der Waals surface area contributed by atoms with Crippen LogP contribution in [0.5, 0.6) is 0 Å². The van der Waals surface area contributed by atoms with E-state index >= 15 is 0 Å². The largest absolute Gasteiger partial charge is 0.347 e. The van der Waals surface area contributed by atoms with Crippen LogP contribution in [0, 0.1) is 6.92 Å². The molecule has 0 saturated heterocycles. The van der Waals surface area contributed by atoms with Crippen molar-refractivity contribution in [1.29, 1.82) is 0 Å². The third-order valence-corrected chi connectivity index (χ3v) is 4.84. The third-order valence-electron chi connectivity index (χ3n) is 4.84. The summed E-state index contributed by atoms with van der Waals surface area (Å²) in [6.07, 6.45) is 4.85. The number of fused-ring (bicyclic) bond motifs is 1. The molecule has 0 unspecified atom stereocenters. The van der Waals surface area contributed by atoms with E-state index in [-0.39, 0.29) is 17.9 Å². The zero-order valence-corrected chi connectivity index (χ0v) is 14.3. The summed E-state index contributed by atoms with van der Waals surface area (Å²) < 4.78 is 1.92. The van der Waals surface area contributed by atoms with Crippen molar-refractivity contribution in [3.8, 4) is 0 Å². The maximum atomic E-state index is 12.8. The molecule has 2 amide bonds. The fraction of sp³-hybridized carbons (Fsp3) is 0.421. The van der Waals surface area contributed by atoms with Gasteiger partial charge in [0.2, 0.25) is 0 Å². The normalized spacial score (nSPS) is 16.2. The van der Waals surface area contributed by atoms with Gasteiger partial charge in [0.05, 0.1) is 5.69 Å². The molecule has 0 spiro atoms. The van der Waals surface area contributed by atoms with E-state index in [0.29, 0.717) is 11.5 Å². The van der Waals surface area contributed by atoms with Gasteiger partial charge in [0.1, 0.15) is 0 Å². The zero-order valence-electron chi connectivity index (χ0n) is 14.3. The summed E-state index contributed by atoms with van der Waals surface area (Å²) in [6.45, 7) is 2.69. The van der Waals surface area contributed by atoms with Gasteiger partial charge in [0, 0.05) is 18.3 Å². The standard InChI is InChI=1S/C19H22N4O2/c1-12-6-2-3-7-14(12)21-18(24)16-15-8-4-5-11-23(15)17(22-16)19(25)20-13-9-10-13/h2-3,6-7,13H,4-5,8-11H2,1H3,(H,20,25)(H,21,24). The molecule has 1 aliphatic heterocycles. The maximum absolute atomic E-state index is 12.8. The van der Waals surface area contributed by atoms with Crippen molar-refractivity contribution < 1.29 is 9.59 Å². The predicted molar refractivity (Wildman–Crippen MR) is 94.8 cm³/mol. The third kappa shape index (κ3) is 3.16. The first kappa shape index (κ1) is 15.9. The molecule has 1 aromatic carbocycles. The summed E-state index contributed by atoms with van der Waals surface area (Å²) >= 11 is 0. The fourth-order valence-electron chi connectivity index (χ4n) is 3.27. The van der Waals surface area contributed by atoms with Crippen molar-refractivity contribution >= 4 is 17.5 Å². The minimum atomic E-state index is -0.245. The molecule has 2 aliphatic rings. The number of carbonyl (C=O) groups is 2. The molecule has 1 aliphatic carbocycles. The predicted octanol–water partition coefficient (Wildman–Crippen LogP) is 2.67. The molecular weight excluding hydrogens is 316 g/mol. The van der Waals surface area contributed by atoms with Crippen molar-refractivity contribution in [3.63, 3.8) is 0 Å². The van der Waals surface area contributed by atoms with Crippen LogP contribution < -0.4 is 10.6 Å². The Bertz CT molecular complexity index is 836. The molecule has 1 aromatic heterocycles. The smallest absolute Gasteiger partial charge is 0.287 e. The van der Waals surface area contributed by atoms with Gasteiger partial charge in [-0.05, 0) is 50.7 Å². The molecule has 2 aromatic rings. The maximum Gasteiger partial charge on any atom is 0.287 e. The average molecular weight is 338 g/mol. The Morgan fingerprint density at radius 2 is 1.96 bits per heavy atom. The Labute approximate surface area is 146 Å². The first-order chi connectivity index (χ1) is 12.1. The van der Waals surface area contributed by atoms with Gasteiger partial charge in [-0.2, -0.15) is 0 Å². The molecule has 6 nitrogen and oxygen atoms in total. The summed E-state index contributed by atoms with van der Waals surface area (Å²) in [5.74, 6) is -0.0393. The van der Waals surface area contributed by atoms with E-state index in [1.54, 1.807) is 0 Å². The Kier molecular flexibility index (Phi) is 4.03.